The zero-order valence-electron chi connectivity index (χ0n) is 12.9. The zero-order valence-corrected chi connectivity index (χ0v) is 12.9. The van der Waals surface area contributed by atoms with E-state index in [1.54, 1.807) is 12.4 Å². The van der Waals surface area contributed by atoms with Gasteiger partial charge in [-0.05, 0) is 49.1 Å². The molecule has 1 aromatic heterocycles. The lowest BCUT2D eigenvalue weighted by atomic mass is 9.83. The Morgan fingerprint density at radius 3 is 2.60 bits per heavy atom. The van der Waals surface area contributed by atoms with Gasteiger partial charge in [0.25, 0.3) is 5.91 Å². The molecule has 0 saturated carbocycles. The summed E-state index contributed by atoms with van der Waals surface area (Å²) in [7, 11) is 0. The summed E-state index contributed by atoms with van der Waals surface area (Å²) in [5, 5.41) is 0. The number of nitrogens with zero attached hydrogens (tertiary/aromatic N) is 2. The van der Waals surface area contributed by atoms with Crippen LogP contribution in [0.5, 0.6) is 0 Å². The van der Waals surface area contributed by atoms with E-state index in [1.165, 1.54) is 12.8 Å². The van der Waals surface area contributed by atoms with Crippen LogP contribution in [0.25, 0.3) is 0 Å². The Balaban J connectivity index is 1.81. The molecule has 3 heteroatoms. The number of carbonyl (C=O) groups excluding carboxylic acids is 1. The molecule has 2 heterocycles. The smallest absolute Gasteiger partial charge is 0.255 e. The maximum absolute atomic E-state index is 12.3. The minimum absolute atomic E-state index is 0.132. The Morgan fingerprint density at radius 1 is 1.35 bits per heavy atom. The topological polar surface area (TPSA) is 33.2 Å². The van der Waals surface area contributed by atoms with Crippen LogP contribution in [0.2, 0.25) is 0 Å². The van der Waals surface area contributed by atoms with Gasteiger partial charge >= 0.3 is 0 Å². The van der Waals surface area contributed by atoms with Gasteiger partial charge in [-0.25, -0.2) is 0 Å². The molecule has 0 N–H and O–H groups in total. The Labute approximate surface area is 122 Å². The quantitative estimate of drug-likeness (QED) is 0.841. The molecule has 0 spiro atoms. The van der Waals surface area contributed by atoms with Crippen molar-refractivity contribution in [3.05, 3.63) is 30.1 Å². The molecule has 0 radical (unpaired) electrons. The first-order valence-electron chi connectivity index (χ1n) is 7.65. The molecular formula is C17H26N2O. The number of likely N-dealkylation sites (tertiary alicyclic amines) is 1. The molecule has 1 aromatic rings. The predicted octanol–water partition coefficient (Wildman–Crippen LogP) is 3.76. The third-order valence-electron chi connectivity index (χ3n) is 4.11. The highest BCUT2D eigenvalue weighted by Gasteiger charge is 2.24. The van der Waals surface area contributed by atoms with Gasteiger partial charge in [0.2, 0.25) is 0 Å². The number of carbonyl (C=O) groups is 1. The summed E-state index contributed by atoms with van der Waals surface area (Å²) in [6.07, 6.45) is 8.21. The molecule has 1 saturated heterocycles. The second-order valence-electron chi connectivity index (χ2n) is 7.08. The molecule has 2 rings (SSSR count). The normalized spacial score (nSPS) is 17.2. The second-order valence-corrected chi connectivity index (χ2v) is 7.08. The summed E-state index contributed by atoms with van der Waals surface area (Å²) >= 11 is 0. The van der Waals surface area contributed by atoms with Gasteiger partial charge in [-0.3, -0.25) is 9.78 Å². The van der Waals surface area contributed by atoms with Crippen LogP contribution in [0.15, 0.2) is 24.5 Å². The van der Waals surface area contributed by atoms with Crippen LogP contribution in [-0.2, 0) is 0 Å². The predicted molar refractivity (Wildman–Crippen MR) is 81.6 cm³/mol. The molecule has 0 unspecified atom stereocenters. The van der Waals surface area contributed by atoms with Crippen molar-refractivity contribution in [2.75, 3.05) is 13.1 Å². The van der Waals surface area contributed by atoms with Gasteiger partial charge in [0, 0.05) is 25.5 Å². The Kier molecular flexibility index (Phi) is 4.79. The molecule has 0 aliphatic carbocycles. The highest BCUT2D eigenvalue weighted by atomic mass is 16.2. The van der Waals surface area contributed by atoms with Crippen LogP contribution in [0.4, 0.5) is 0 Å². The summed E-state index contributed by atoms with van der Waals surface area (Å²) < 4.78 is 0. The summed E-state index contributed by atoms with van der Waals surface area (Å²) in [5.74, 6) is 0.916. The number of amides is 1. The Morgan fingerprint density at radius 2 is 2.05 bits per heavy atom. The highest BCUT2D eigenvalue weighted by molar-refractivity contribution is 5.93. The van der Waals surface area contributed by atoms with E-state index in [0.717, 1.165) is 31.8 Å². The molecule has 0 atom stereocenters. The van der Waals surface area contributed by atoms with Gasteiger partial charge in [-0.15, -0.1) is 0 Å². The highest BCUT2D eigenvalue weighted by Crippen LogP contribution is 2.29. The molecule has 0 bridgehead atoms. The monoisotopic (exact) mass is 274 g/mol. The van der Waals surface area contributed by atoms with Crippen LogP contribution in [0.1, 0.15) is 56.8 Å². The van der Waals surface area contributed by atoms with Crippen molar-refractivity contribution < 1.29 is 4.79 Å². The number of pyridine rings is 1. The summed E-state index contributed by atoms with van der Waals surface area (Å²) in [4.78, 5) is 18.3. The van der Waals surface area contributed by atoms with Crippen LogP contribution >= 0.6 is 0 Å². The third kappa shape index (κ3) is 4.32. The van der Waals surface area contributed by atoms with Crippen molar-refractivity contribution in [2.24, 2.45) is 11.3 Å². The number of hydrogen-bond acceptors (Lipinski definition) is 2. The van der Waals surface area contributed by atoms with Crippen molar-refractivity contribution in [3.8, 4) is 0 Å². The molecule has 1 amide bonds. The van der Waals surface area contributed by atoms with Gasteiger partial charge in [-0.1, -0.05) is 20.8 Å². The Bertz CT molecular complexity index is 428. The van der Waals surface area contributed by atoms with Gasteiger partial charge in [0.05, 0.1) is 5.56 Å². The average molecular weight is 274 g/mol. The van der Waals surface area contributed by atoms with E-state index in [2.05, 4.69) is 25.8 Å². The molecule has 1 aliphatic heterocycles. The molecule has 110 valence electrons. The minimum Gasteiger partial charge on any atom is -0.339 e. The van der Waals surface area contributed by atoms with E-state index in [9.17, 15) is 4.79 Å². The lowest BCUT2D eigenvalue weighted by Gasteiger charge is -2.33. The first-order chi connectivity index (χ1) is 9.46. The van der Waals surface area contributed by atoms with E-state index in [4.69, 9.17) is 0 Å². The standard InChI is InChI=1S/C17H26N2O/c1-17(2,3)9-6-14-7-11-19(12-8-14)16(20)15-5-4-10-18-13-15/h4-5,10,13-14H,6-9,11-12H2,1-3H3. The largest absolute Gasteiger partial charge is 0.339 e. The Hall–Kier alpha value is -1.38. The van der Waals surface area contributed by atoms with E-state index in [1.807, 2.05) is 17.0 Å². The molecule has 1 fully saturated rings. The van der Waals surface area contributed by atoms with E-state index in [0.29, 0.717) is 11.0 Å². The lowest BCUT2D eigenvalue weighted by molar-refractivity contribution is 0.0680. The molecule has 20 heavy (non-hydrogen) atoms. The number of rotatable bonds is 3. The van der Waals surface area contributed by atoms with Gasteiger partial charge in [-0.2, -0.15) is 0 Å². The van der Waals surface area contributed by atoms with Crippen LogP contribution in [-0.4, -0.2) is 28.9 Å². The molecular weight excluding hydrogens is 248 g/mol. The van der Waals surface area contributed by atoms with Gasteiger partial charge < -0.3 is 4.90 Å². The van der Waals surface area contributed by atoms with Crippen molar-refractivity contribution >= 4 is 5.91 Å². The van der Waals surface area contributed by atoms with E-state index >= 15 is 0 Å². The SMILES string of the molecule is CC(C)(C)CCC1CCN(C(=O)c2cccnc2)CC1. The zero-order chi connectivity index (χ0) is 14.6. The summed E-state index contributed by atoms with van der Waals surface area (Å²) in [6, 6.07) is 3.67. The van der Waals surface area contributed by atoms with Crippen molar-refractivity contribution in [3.63, 3.8) is 0 Å². The van der Waals surface area contributed by atoms with Crippen molar-refractivity contribution in [1.82, 2.24) is 9.88 Å². The van der Waals surface area contributed by atoms with Crippen molar-refractivity contribution in [1.29, 1.82) is 0 Å². The lowest BCUT2D eigenvalue weighted by Crippen LogP contribution is -2.38. The first-order valence-corrected chi connectivity index (χ1v) is 7.65. The summed E-state index contributed by atoms with van der Waals surface area (Å²) in [5.41, 5.74) is 1.13. The van der Waals surface area contributed by atoms with Gasteiger partial charge in [0.15, 0.2) is 0 Å². The first kappa shape index (κ1) is 15.0. The molecule has 1 aliphatic rings. The van der Waals surface area contributed by atoms with Crippen LogP contribution in [0, 0.1) is 11.3 Å². The molecule has 0 aromatic carbocycles. The molecule has 3 nitrogen and oxygen atoms in total. The fourth-order valence-electron chi connectivity index (χ4n) is 2.73. The fraction of sp³-hybridized carbons (Fsp3) is 0.647. The average Bonchev–Trinajstić information content (AvgIpc) is 2.45. The second kappa shape index (κ2) is 6.38. The maximum atomic E-state index is 12.3. The van der Waals surface area contributed by atoms with Gasteiger partial charge in [0.1, 0.15) is 0 Å². The third-order valence-corrected chi connectivity index (χ3v) is 4.11. The minimum atomic E-state index is 0.132. The number of piperidine rings is 1. The number of hydrogen-bond donors (Lipinski definition) is 0. The van der Waals surface area contributed by atoms with E-state index in [-0.39, 0.29) is 5.91 Å². The fourth-order valence-corrected chi connectivity index (χ4v) is 2.73. The van der Waals surface area contributed by atoms with Crippen LogP contribution in [0.3, 0.4) is 0 Å². The van der Waals surface area contributed by atoms with E-state index < -0.39 is 0 Å². The summed E-state index contributed by atoms with van der Waals surface area (Å²) in [6.45, 7) is 8.68. The van der Waals surface area contributed by atoms with Crippen molar-refractivity contribution in [2.45, 2.75) is 46.5 Å². The number of aromatic nitrogens is 1. The maximum Gasteiger partial charge on any atom is 0.255 e. The van der Waals surface area contributed by atoms with Crippen LogP contribution < -0.4 is 0 Å².